The van der Waals surface area contributed by atoms with E-state index in [1.807, 2.05) is 0 Å². The third-order valence-electron chi connectivity index (χ3n) is 0.877. The van der Waals surface area contributed by atoms with Crippen LogP contribution in [0.3, 0.4) is 0 Å². The van der Waals surface area contributed by atoms with Gasteiger partial charge in [-0.05, 0) is 0 Å². The largest absolute Gasteiger partial charge is 0.617 e. The molecule has 0 unspecified atom stereocenters. The highest BCUT2D eigenvalue weighted by Crippen LogP contribution is 2.73. The first kappa shape index (κ1) is 11.4. The van der Waals surface area contributed by atoms with E-state index in [0.717, 1.165) is 0 Å². The van der Waals surface area contributed by atoms with Gasteiger partial charge in [0, 0.05) is 19.6 Å². The highest BCUT2D eigenvalue weighted by molar-refractivity contribution is 7.76. The first-order valence-corrected chi connectivity index (χ1v) is 5.21. The zero-order valence-electron chi connectivity index (χ0n) is 5.00. The van der Waals surface area contributed by atoms with Crippen LogP contribution in [0.1, 0.15) is 0 Å². The van der Waals surface area contributed by atoms with Crippen LogP contribution in [0, 0.1) is 6.92 Å². The van der Waals surface area contributed by atoms with E-state index in [4.69, 9.17) is 5.11 Å². The zero-order chi connectivity index (χ0) is 9.50. The average molecular weight is 201 g/mol. The quantitative estimate of drug-likeness (QED) is 0.425. The van der Waals surface area contributed by atoms with Crippen LogP contribution in [0.15, 0.2) is 0 Å². The van der Waals surface area contributed by atoms with Crippen molar-refractivity contribution >= 4 is 15.9 Å². The van der Waals surface area contributed by atoms with Crippen molar-refractivity contribution in [3.8, 4) is 0 Å². The molecular weight excluding hydrogens is 198 g/mol. The highest BCUT2D eigenvalue weighted by atomic mass is 31.3. The minimum absolute atomic E-state index is 2.09. The van der Waals surface area contributed by atoms with Gasteiger partial charge in [-0.1, -0.05) is 0 Å². The Bertz CT molecular complexity index is 126. The standard InChI is InChI=1S/C2H3O7P2/c1-2(3,10(4,5)6)11(7,8)9/h3H,1H2/q+1. The summed E-state index contributed by atoms with van der Waals surface area (Å²) in [4.78, 5) is 59.3. The van der Waals surface area contributed by atoms with Crippen LogP contribution in [0.25, 0.3) is 0 Å². The summed E-state index contributed by atoms with van der Waals surface area (Å²) < 4.78 is 0. The molecule has 9 heteroatoms. The fourth-order valence-electron chi connectivity index (χ4n) is 0.150. The Balaban J connectivity index is 4.75. The molecule has 0 bridgehead atoms. The van der Waals surface area contributed by atoms with Gasteiger partial charge >= 0.3 is 21.0 Å². The second kappa shape index (κ2) is 2.74. The summed E-state index contributed by atoms with van der Waals surface area (Å²) in [5.41, 5.74) is 0. The van der Waals surface area contributed by atoms with Crippen molar-refractivity contribution in [2.75, 3.05) is 0 Å². The Labute approximate surface area is 63.4 Å². The summed E-state index contributed by atoms with van der Waals surface area (Å²) in [6, 6.07) is 0. The van der Waals surface area contributed by atoms with Gasteiger partial charge in [0.2, 0.25) is 0 Å². The van der Waals surface area contributed by atoms with Crippen LogP contribution in [0.2, 0.25) is 0 Å². The van der Waals surface area contributed by atoms with E-state index in [9.17, 15) is 29.4 Å². The Hall–Kier alpha value is 0.450. The van der Waals surface area contributed by atoms with Gasteiger partial charge in [-0.3, -0.25) is 5.11 Å². The molecule has 0 fully saturated rings. The molecular formula is C2H3O7P2+. The molecule has 0 aliphatic rings. The molecule has 0 amide bonds. The molecule has 0 aliphatic carbocycles. The first-order valence-electron chi connectivity index (χ1n) is 2.12. The van der Waals surface area contributed by atoms with Gasteiger partial charge in [0.1, 0.15) is 0 Å². The van der Waals surface area contributed by atoms with Crippen LogP contribution < -0.4 is 9.79 Å². The number of aliphatic hydroxyl groups is 1. The third kappa shape index (κ3) is 2.19. The first-order chi connectivity index (χ1) is 4.50. The van der Waals surface area contributed by atoms with Crippen molar-refractivity contribution in [2.24, 2.45) is 0 Å². The molecule has 4 radical (unpaired) electrons. The van der Waals surface area contributed by atoms with Crippen LogP contribution in [0.5, 0.6) is 0 Å². The molecule has 0 saturated heterocycles. The molecule has 0 aromatic heterocycles. The molecule has 0 heterocycles. The molecule has 1 N–H and O–H groups in total. The number of hydrogen-bond acceptors (Lipinski definition) is 3. The fraction of sp³-hybridized carbons (Fsp3) is 0.500. The van der Waals surface area contributed by atoms with Crippen molar-refractivity contribution in [1.82, 2.24) is 0 Å². The molecule has 0 rings (SSSR count). The molecule has 11 heavy (non-hydrogen) atoms. The smallest absolute Gasteiger partial charge is 0.506 e. The lowest BCUT2D eigenvalue weighted by molar-refractivity contribution is -0.253. The van der Waals surface area contributed by atoms with Gasteiger partial charge in [0.05, 0.1) is 0 Å². The molecule has 0 aromatic carbocycles. The van der Waals surface area contributed by atoms with Crippen molar-refractivity contribution in [1.29, 1.82) is 0 Å². The Morgan fingerprint density at radius 1 is 1.09 bits per heavy atom. The Morgan fingerprint density at radius 3 is 1.27 bits per heavy atom. The van der Waals surface area contributed by atoms with Gasteiger partial charge in [-0.15, -0.1) is 0 Å². The predicted octanol–water partition coefficient (Wildman–Crippen LogP) is -1.57. The lowest BCUT2D eigenvalue weighted by Crippen LogP contribution is -2.39. The van der Waals surface area contributed by atoms with E-state index >= 15 is 0 Å². The van der Waals surface area contributed by atoms with E-state index in [0.29, 0.717) is 0 Å². The molecule has 0 saturated carbocycles. The van der Waals surface area contributed by atoms with Crippen molar-refractivity contribution in [2.45, 2.75) is 5.08 Å². The Morgan fingerprint density at radius 2 is 1.27 bits per heavy atom. The third-order valence-corrected chi connectivity index (χ3v) is 4.10. The zero-order valence-corrected chi connectivity index (χ0v) is 6.79. The van der Waals surface area contributed by atoms with Gasteiger partial charge in [0.15, 0.2) is 6.92 Å². The summed E-state index contributed by atoms with van der Waals surface area (Å²) in [6.45, 7) is 2.09. The predicted molar refractivity (Wildman–Crippen MR) is 26.9 cm³/mol. The van der Waals surface area contributed by atoms with Crippen LogP contribution in [-0.4, -0.2) is 10.2 Å². The molecule has 0 atom stereocenters. The number of rotatable bonds is 2. The fourth-order valence-corrected chi connectivity index (χ4v) is 1.35. The maximum absolute atomic E-state index is 9.89. The second-order valence-electron chi connectivity index (χ2n) is 1.77. The Kier molecular flexibility index (Phi) is 2.85. The van der Waals surface area contributed by atoms with Crippen molar-refractivity contribution < 1.29 is 34.5 Å². The molecule has 0 spiro atoms. The molecule has 0 aliphatic heterocycles. The van der Waals surface area contributed by atoms with E-state index in [1.54, 1.807) is 0 Å². The maximum Gasteiger partial charge on any atom is 0.506 e. The maximum atomic E-state index is 9.89. The minimum atomic E-state index is -5.93. The van der Waals surface area contributed by atoms with Gasteiger partial charge < -0.3 is 9.79 Å². The van der Waals surface area contributed by atoms with Gasteiger partial charge in [0.25, 0.3) is 0 Å². The van der Waals surface area contributed by atoms with Crippen LogP contribution >= 0.6 is 15.9 Å². The lowest BCUT2D eigenvalue weighted by atomic mass is 10.9. The second-order valence-corrected chi connectivity index (χ2v) is 5.59. The highest BCUT2D eigenvalue weighted by Gasteiger charge is 2.77. The van der Waals surface area contributed by atoms with Gasteiger partial charge in [-0.25, -0.2) is 0 Å². The van der Waals surface area contributed by atoms with Crippen molar-refractivity contribution in [3.63, 3.8) is 0 Å². The van der Waals surface area contributed by atoms with E-state index in [2.05, 4.69) is 6.92 Å². The molecule has 7 nitrogen and oxygen atoms in total. The summed E-state index contributed by atoms with van der Waals surface area (Å²) in [5, 5.41) is 4.31. The van der Waals surface area contributed by atoms with Crippen molar-refractivity contribution in [3.05, 3.63) is 6.92 Å². The SMILES string of the molecule is [CH2+]C(O)([P+]([O])([O])[O-])[P+]([O])([O])[O-]. The minimum Gasteiger partial charge on any atom is -0.617 e. The van der Waals surface area contributed by atoms with E-state index in [-0.39, 0.29) is 0 Å². The normalized spacial score (nSPS) is 15.2. The summed E-state index contributed by atoms with van der Waals surface area (Å²) in [7, 11) is -11.9. The monoisotopic (exact) mass is 201 g/mol. The lowest BCUT2D eigenvalue weighted by Gasteiger charge is -2.20. The van der Waals surface area contributed by atoms with E-state index in [1.165, 1.54) is 0 Å². The number of hydrogen-bond donors (Lipinski definition) is 1. The van der Waals surface area contributed by atoms with E-state index < -0.39 is 21.0 Å². The molecule has 62 valence electrons. The summed E-state index contributed by atoms with van der Waals surface area (Å²) in [6.07, 6.45) is 0. The summed E-state index contributed by atoms with van der Waals surface area (Å²) in [5.74, 6) is 0. The van der Waals surface area contributed by atoms with Gasteiger partial charge in [-0.2, -0.15) is 0 Å². The topological polar surface area (TPSA) is 146 Å². The molecule has 0 aromatic rings. The van der Waals surface area contributed by atoms with Crippen LogP contribution in [-0.2, 0) is 19.6 Å². The summed E-state index contributed by atoms with van der Waals surface area (Å²) >= 11 is 0. The average Bonchev–Trinajstić information content (AvgIpc) is 1.58. The van der Waals surface area contributed by atoms with Crippen LogP contribution in [0.4, 0.5) is 0 Å².